The molecule has 27 nitrogen and oxygen atoms in total. The fourth-order valence-electron chi connectivity index (χ4n) is 10.2. The van der Waals surface area contributed by atoms with Crippen LogP contribution in [0.15, 0.2) is 125 Å². The molecule has 1 aromatic carbocycles. The van der Waals surface area contributed by atoms with Gasteiger partial charge in [-0.15, -0.1) is 19.0 Å². The normalized spacial score (nSPS) is 27.1. The molecule has 0 unspecified atom stereocenters. The minimum absolute atomic E-state index is 0. The highest BCUT2D eigenvalue weighted by atomic mass is 35.5. The van der Waals surface area contributed by atoms with Crippen molar-refractivity contribution in [3.05, 3.63) is 131 Å². The molecule has 4 rings (SSSR count). The van der Waals surface area contributed by atoms with Crippen LogP contribution in [0, 0.1) is 23.7 Å². The summed E-state index contributed by atoms with van der Waals surface area (Å²) in [5.74, 6) is -4.51. The Balaban J connectivity index is 0. The molecule has 0 saturated heterocycles. The van der Waals surface area contributed by atoms with Gasteiger partial charge < -0.3 is 115 Å². The molecule has 0 fully saturated rings. The summed E-state index contributed by atoms with van der Waals surface area (Å²) in [6, 6.07) is 1.31. The van der Waals surface area contributed by atoms with Gasteiger partial charge in [0.2, 0.25) is 16.8 Å². The molecule has 0 spiro atoms. The number of aliphatic hydroxyl groups is 2. The highest BCUT2D eigenvalue weighted by molar-refractivity contribution is 6.63. The smallest absolute Gasteiger partial charge is 0.405 e. The van der Waals surface area contributed by atoms with Crippen LogP contribution >= 0.6 is 24.0 Å². The van der Waals surface area contributed by atoms with Crippen molar-refractivity contribution in [2.45, 2.75) is 143 Å². The standard InChI is InChI=1S/C31H45N3O8.C31H43N3O8.C3H6ClNO.C3H7NO2.2ClH/c2*1-8-12-33-26-21-13-17(2)14-25(41-7)27(36)19(4)15-20(5)29(42-31(32)39)24(40-6)11-9-10-18(3)30(38)34-22(28(21)37)16-23(26)35;4-3(6)1-2-5;4-2-1-3(5)6;;/h8-11,15-17,19,24-25,27,29,33,35-37H,1,12-14H2,2-7H3,(H2,32,39)(H,34,38);8-11,15-17,19,24-25,27,29,33,36H,1,12-14H2,2-7H3,(H2,32,39)(H,34,38);1-2,5H2;1-2,4H2,(H,5,6);2*1H/p-1/b2*11-9-,18-10+,20-15+;;;;/t2*17-,19+,24+,25+,27-,29+;;;;/m11..../s1. The molecular weight excluding hydrogens is 1340 g/mol. The Hall–Kier alpha value is -7.51. The van der Waals surface area contributed by atoms with Crippen LogP contribution in [0.25, 0.3) is 0 Å². The molecule has 550 valence electrons. The number of aliphatic hydroxyl groups excluding tert-OH is 2. The zero-order valence-corrected chi connectivity index (χ0v) is 60.1. The Bertz CT molecular complexity index is 3090. The molecule has 4 amide bonds. The van der Waals surface area contributed by atoms with E-state index in [9.17, 15) is 63.9 Å². The lowest BCUT2D eigenvalue weighted by atomic mass is 9.85. The summed E-state index contributed by atoms with van der Waals surface area (Å²) in [5.41, 5.74) is 23.4. The van der Waals surface area contributed by atoms with Crippen molar-refractivity contribution in [2.75, 3.05) is 59.9 Å². The first-order valence-electron chi connectivity index (χ1n) is 31.0. The minimum atomic E-state index is -1.09. The number of carboxylic acid groups (broad SMARTS) is 1. The van der Waals surface area contributed by atoms with Gasteiger partial charge in [0.05, 0.1) is 53.6 Å². The topological polar surface area (TPSA) is 453 Å². The third kappa shape index (κ3) is 31.6. The number of carboxylic acids is 1. The quantitative estimate of drug-likeness (QED) is 0.0275. The van der Waals surface area contributed by atoms with Crippen molar-refractivity contribution in [3.63, 3.8) is 0 Å². The Morgan fingerprint density at radius 1 is 0.735 bits per heavy atom. The van der Waals surface area contributed by atoms with Crippen LogP contribution in [-0.4, -0.2) is 171 Å². The fraction of sp³-hybridized carbons (Fsp3) is 0.500. The van der Waals surface area contributed by atoms with Gasteiger partial charge in [-0.05, 0) is 107 Å². The summed E-state index contributed by atoms with van der Waals surface area (Å²) in [4.78, 5) is 95.2. The van der Waals surface area contributed by atoms with Gasteiger partial charge in [-0.2, -0.15) is 0 Å². The number of primary amides is 2. The highest BCUT2D eigenvalue weighted by Gasteiger charge is 2.35. The number of halogens is 3. The average Bonchev–Trinajstić information content (AvgIpc) is 0.853. The third-order valence-electron chi connectivity index (χ3n) is 15.3. The summed E-state index contributed by atoms with van der Waals surface area (Å²) < 4.78 is 33.2. The number of aliphatic carboxylic acids is 1. The van der Waals surface area contributed by atoms with Crippen LogP contribution in [0.1, 0.15) is 93.1 Å². The van der Waals surface area contributed by atoms with Gasteiger partial charge in [0.15, 0.2) is 23.6 Å². The maximum Gasteiger partial charge on any atom is 0.405 e. The number of hydrogen-bond donors (Lipinski definition) is 12. The average molecular weight is 1440 g/mol. The summed E-state index contributed by atoms with van der Waals surface area (Å²) in [6.07, 6.45) is 10.4. The van der Waals surface area contributed by atoms with E-state index >= 15 is 0 Å². The lowest BCUT2D eigenvalue weighted by Gasteiger charge is -2.30. The molecule has 3 aliphatic rings. The maximum atomic E-state index is 13.5. The predicted molar refractivity (Wildman–Crippen MR) is 369 cm³/mol. The van der Waals surface area contributed by atoms with E-state index in [1.54, 1.807) is 88.5 Å². The summed E-state index contributed by atoms with van der Waals surface area (Å²) in [7, 11) is 5.88. The number of allylic oxidation sites excluding steroid dienone is 6. The van der Waals surface area contributed by atoms with Crippen molar-refractivity contribution in [1.29, 1.82) is 0 Å². The minimum Gasteiger partial charge on any atom is -1.00 e. The second kappa shape index (κ2) is 48.3. The van der Waals surface area contributed by atoms with Crippen LogP contribution in [-0.2, 0) is 63.6 Å². The number of methoxy groups -OCH3 is 4. The number of anilines is 1. The highest BCUT2D eigenvalue weighted by Crippen LogP contribution is 2.41. The molecular formula is C68H102Cl3N8O19-. The number of benzene rings is 1. The number of carbonyl (C=O) groups is 8. The van der Waals surface area contributed by atoms with Crippen LogP contribution < -0.4 is 61.7 Å². The first-order valence-corrected chi connectivity index (χ1v) is 31.4. The Kier molecular flexibility index (Phi) is 45.6. The number of phenols is 2. The molecule has 4 bridgehead atoms. The second-order valence-electron chi connectivity index (χ2n) is 23.1. The number of nitrogens with one attached hydrogen (secondary N) is 3. The van der Waals surface area contributed by atoms with E-state index in [1.807, 2.05) is 20.8 Å². The molecule has 1 aliphatic carbocycles. The van der Waals surface area contributed by atoms with E-state index < -0.39 is 102 Å². The number of nitrogens with two attached hydrogens (primary N) is 5. The molecule has 17 N–H and O–H groups in total. The lowest BCUT2D eigenvalue weighted by molar-refractivity contribution is -0.562. The Morgan fingerprint density at radius 2 is 1.19 bits per heavy atom. The number of quaternary nitrogens is 1. The Labute approximate surface area is 591 Å². The number of amides is 4. The van der Waals surface area contributed by atoms with E-state index in [-0.39, 0.29) is 114 Å². The molecule has 30 heteroatoms. The molecule has 0 saturated carbocycles. The van der Waals surface area contributed by atoms with Gasteiger partial charge in [0.1, 0.15) is 18.0 Å². The summed E-state index contributed by atoms with van der Waals surface area (Å²) in [5, 5.41) is 63.6. The van der Waals surface area contributed by atoms with Crippen LogP contribution in [0.5, 0.6) is 11.5 Å². The third-order valence-corrected chi connectivity index (χ3v) is 15.5. The van der Waals surface area contributed by atoms with E-state index in [0.29, 0.717) is 60.3 Å². The Morgan fingerprint density at radius 3 is 1.57 bits per heavy atom. The number of carbonyl (C=O) groups excluding carboxylic acids is 8. The number of phenolic OH excluding ortho intramolecular Hbond substituents is 2. The zero-order chi connectivity index (χ0) is 73.1. The van der Waals surface area contributed by atoms with Crippen molar-refractivity contribution in [1.82, 2.24) is 10.6 Å². The first kappa shape index (κ1) is 92.5. The van der Waals surface area contributed by atoms with E-state index in [1.165, 1.54) is 46.7 Å². The molecule has 0 radical (unpaired) electrons. The van der Waals surface area contributed by atoms with E-state index in [2.05, 4.69) is 29.1 Å². The fourth-order valence-corrected chi connectivity index (χ4v) is 10.4. The summed E-state index contributed by atoms with van der Waals surface area (Å²) in [6.45, 7) is 22.7. The largest absolute Gasteiger partial charge is 1.00 e. The SMILES string of the molecule is C=CCNC1=C2C[C@@H](C)C[C@H](OC)[C@H](O)[C@@H](C)/C=C(\C)[C@H](OC(N)=O)[C@@H](OC)/C=C\C=C(/C)C(=O)NC(=CC1=O)C2=O.C=CC[NH2+]c1c(O)cc2c(O)c1C[C@@H](C)C[C@H](OC)[C@H](O)[C@@H](C)/C=C(\C)[C@H](OC(N)=O)[C@@H](OC)/C=C\C=C(/C)C(=O)N2.Cl.NCCC(=O)Cl.NCCC(=O)[O-].[Cl-]. The van der Waals surface area contributed by atoms with Gasteiger partial charge in [0.25, 0.3) is 11.8 Å². The van der Waals surface area contributed by atoms with Gasteiger partial charge in [-0.3, -0.25) is 24.0 Å². The van der Waals surface area contributed by atoms with Gasteiger partial charge in [-0.25, -0.2) is 9.59 Å². The maximum absolute atomic E-state index is 13.5. The van der Waals surface area contributed by atoms with Crippen LogP contribution in [0.2, 0.25) is 0 Å². The molecule has 12 atom stereocenters. The molecule has 0 aromatic heterocycles. The molecule has 2 heterocycles. The number of ether oxygens (including phenoxy) is 6. The number of aromatic hydroxyl groups is 2. The van der Waals surface area contributed by atoms with Gasteiger partial charge >= 0.3 is 12.2 Å². The second-order valence-corrected chi connectivity index (χ2v) is 23.6. The molecule has 98 heavy (non-hydrogen) atoms. The van der Waals surface area contributed by atoms with Crippen LogP contribution in [0.3, 0.4) is 0 Å². The molecule has 2 aliphatic heterocycles. The monoisotopic (exact) mass is 1440 g/mol. The number of Topliss-reactive ketones (excluding diaryl/α,β-unsaturated/α-hetero) is 1. The number of ketones is 2. The number of rotatable bonds is 16. The van der Waals surface area contributed by atoms with Crippen molar-refractivity contribution < 1.29 is 110 Å². The van der Waals surface area contributed by atoms with Crippen LogP contribution in [0.4, 0.5) is 21.0 Å². The first-order chi connectivity index (χ1) is 45.2. The predicted octanol–water partition coefficient (Wildman–Crippen LogP) is 1.09. The van der Waals surface area contributed by atoms with E-state index in [4.69, 9.17) is 63.0 Å². The van der Waals surface area contributed by atoms with E-state index in [0.717, 1.165) is 6.08 Å². The van der Waals surface area contributed by atoms with Gasteiger partial charge in [-0.1, -0.05) is 89.0 Å². The zero-order valence-electron chi connectivity index (χ0n) is 57.8. The number of fused-ring (bicyclic) bond motifs is 4. The lowest BCUT2D eigenvalue weighted by Crippen LogP contribution is -3.00. The van der Waals surface area contributed by atoms with Gasteiger partial charge in [0, 0.05) is 94.6 Å². The van der Waals surface area contributed by atoms with Crippen molar-refractivity contribution >= 4 is 82.2 Å². The number of hydrogen-bond acceptors (Lipinski definition) is 22. The summed E-state index contributed by atoms with van der Waals surface area (Å²) >= 11 is 4.86. The van der Waals surface area contributed by atoms with Crippen molar-refractivity contribution in [2.24, 2.45) is 46.6 Å². The van der Waals surface area contributed by atoms with Crippen molar-refractivity contribution in [3.8, 4) is 11.5 Å². The molecule has 1 aromatic rings.